The maximum Gasteiger partial charge on any atom is 0.281 e. The number of fused-ring (bicyclic) bond motifs is 1. The molecule has 0 aliphatic heterocycles. The molecule has 0 saturated carbocycles. The fourth-order valence-corrected chi connectivity index (χ4v) is 3.62. The van der Waals surface area contributed by atoms with Crippen molar-refractivity contribution >= 4 is 45.0 Å². The normalized spacial score (nSPS) is 11.5. The van der Waals surface area contributed by atoms with Crippen LogP contribution < -0.4 is 0 Å². The van der Waals surface area contributed by atoms with Crippen LogP contribution in [0.4, 0.5) is 10.1 Å². The summed E-state index contributed by atoms with van der Waals surface area (Å²) in [5.74, 6) is -0.519. The third-order valence-electron chi connectivity index (χ3n) is 3.03. The fraction of sp³-hybridized carbons (Fsp3) is 0. The molecule has 1 atom stereocenters. The Kier molecular flexibility index (Phi) is 3.81. The summed E-state index contributed by atoms with van der Waals surface area (Å²) in [6, 6.07) is 4.57. The molecule has 0 N–H and O–H groups in total. The second kappa shape index (κ2) is 5.61. The Morgan fingerprint density at radius 3 is 2.86 bits per heavy atom. The zero-order chi connectivity index (χ0) is 15.0. The standard InChI is InChI=1S/C12H7FIN4O2P/c13-10-6-15-2-1-8(10)7-3-11-9(5-16-17(11)21-14)12(4-7)18(19)20/h1-6,21H. The van der Waals surface area contributed by atoms with Gasteiger partial charge in [0.1, 0.15) is 5.82 Å². The first-order chi connectivity index (χ1) is 10.1. The molecule has 0 aliphatic rings. The lowest BCUT2D eigenvalue weighted by Gasteiger charge is -2.05. The van der Waals surface area contributed by atoms with Gasteiger partial charge < -0.3 is 0 Å². The first-order valence-electron chi connectivity index (χ1n) is 5.74. The summed E-state index contributed by atoms with van der Waals surface area (Å²) in [4.78, 5) is 14.5. The Bertz CT molecular complexity index is 854. The highest BCUT2D eigenvalue weighted by Crippen LogP contribution is 2.36. The van der Waals surface area contributed by atoms with Crippen LogP contribution in [0.25, 0.3) is 22.0 Å². The van der Waals surface area contributed by atoms with Gasteiger partial charge in [-0.05, 0) is 39.7 Å². The van der Waals surface area contributed by atoms with Gasteiger partial charge in [-0.2, -0.15) is 5.10 Å². The van der Waals surface area contributed by atoms with Gasteiger partial charge in [-0.15, -0.1) is 0 Å². The van der Waals surface area contributed by atoms with E-state index in [1.807, 2.05) is 0 Å². The zero-order valence-electron chi connectivity index (χ0n) is 10.3. The van der Waals surface area contributed by atoms with Crippen molar-refractivity contribution in [3.8, 4) is 11.1 Å². The molecule has 0 saturated heterocycles. The van der Waals surface area contributed by atoms with E-state index in [0.29, 0.717) is 22.8 Å². The van der Waals surface area contributed by atoms with E-state index >= 15 is 0 Å². The quantitative estimate of drug-likeness (QED) is 0.281. The number of pyridine rings is 1. The van der Waals surface area contributed by atoms with Gasteiger partial charge in [0.15, 0.2) is 0 Å². The van der Waals surface area contributed by atoms with E-state index < -0.39 is 10.7 Å². The molecule has 2 aromatic heterocycles. The molecule has 0 spiro atoms. The molecule has 3 rings (SSSR count). The molecule has 9 heteroatoms. The number of hydrogen-bond acceptors (Lipinski definition) is 4. The van der Waals surface area contributed by atoms with Crippen LogP contribution in [0.15, 0.2) is 36.8 Å². The number of benzene rings is 1. The molecule has 0 bridgehead atoms. The Morgan fingerprint density at radius 1 is 1.38 bits per heavy atom. The summed E-state index contributed by atoms with van der Waals surface area (Å²) in [7, 11) is 0. The molecule has 0 radical (unpaired) electrons. The van der Waals surface area contributed by atoms with E-state index in [2.05, 4.69) is 32.1 Å². The first kappa shape index (κ1) is 14.3. The lowest BCUT2D eigenvalue weighted by atomic mass is 10.0. The highest BCUT2D eigenvalue weighted by molar-refractivity contribution is 14.2. The highest BCUT2D eigenvalue weighted by Gasteiger charge is 2.19. The van der Waals surface area contributed by atoms with Gasteiger partial charge in [0.05, 0.1) is 34.6 Å². The second-order valence-corrected chi connectivity index (χ2v) is 6.22. The van der Waals surface area contributed by atoms with Gasteiger partial charge >= 0.3 is 0 Å². The summed E-state index contributed by atoms with van der Waals surface area (Å²) in [5.41, 5.74) is 1.24. The van der Waals surface area contributed by atoms with Crippen molar-refractivity contribution < 1.29 is 9.31 Å². The molecule has 1 unspecified atom stereocenters. The molecule has 0 amide bonds. The number of nitrogens with zero attached hydrogens (tertiary/aromatic N) is 4. The van der Waals surface area contributed by atoms with Crippen LogP contribution in [0.5, 0.6) is 0 Å². The fourth-order valence-electron chi connectivity index (χ4n) is 2.09. The van der Waals surface area contributed by atoms with E-state index in [1.165, 1.54) is 24.5 Å². The molecule has 0 fully saturated rings. The average Bonchev–Trinajstić information content (AvgIpc) is 2.89. The van der Waals surface area contributed by atoms with E-state index in [4.69, 9.17) is 0 Å². The third-order valence-corrected chi connectivity index (χ3v) is 4.91. The number of nitro groups is 1. The van der Waals surface area contributed by atoms with Crippen molar-refractivity contribution in [1.29, 1.82) is 0 Å². The van der Waals surface area contributed by atoms with Crippen molar-refractivity contribution in [2.75, 3.05) is 0 Å². The minimum absolute atomic E-state index is 0.0837. The predicted molar refractivity (Wildman–Crippen MR) is 87.3 cm³/mol. The first-order valence-corrected chi connectivity index (χ1v) is 9.80. The third kappa shape index (κ3) is 2.49. The van der Waals surface area contributed by atoms with Crippen LogP contribution in [0, 0.1) is 15.9 Å². The maximum absolute atomic E-state index is 13.9. The Balaban J connectivity index is 2.34. The molecule has 21 heavy (non-hydrogen) atoms. The maximum atomic E-state index is 13.9. The van der Waals surface area contributed by atoms with E-state index in [0.717, 1.165) is 6.20 Å². The van der Waals surface area contributed by atoms with Crippen LogP contribution >= 0.6 is 28.4 Å². The van der Waals surface area contributed by atoms with Gasteiger partial charge in [0.2, 0.25) is 0 Å². The summed E-state index contributed by atoms with van der Waals surface area (Å²) < 4.78 is 15.5. The van der Waals surface area contributed by atoms with E-state index in [9.17, 15) is 14.5 Å². The number of nitro benzene ring substituents is 1. The number of rotatable bonds is 3. The molecule has 3 aromatic rings. The minimum atomic E-state index is -0.519. The summed E-state index contributed by atoms with van der Waals surface area (Å²) in [5, 5.41) is 15.8. The van der Waals surface area contributed by atoms with Gasteiger partial charge in [-0.3, -0.25) is 15.1 Å². The highest BCUT2D eigenvalue weighted by atomic mass is 127. The van der Waals surface area contributed by atoms with E-state index in [1.54, 1.807) is 10.5 Å². The van der Waals surface area contributed by atoms with Crippen LogP contribution in [0.1, 0.15) is 0 Å². The average molecular weight is 416 g/mol. The monoisotopic (exact) mass is 416 g/mol. The SMILES string of the molecule is O=[N+]([O-])c1cc(-c2ccncc2F)cc2c1cnn2PI. The molecular formula is C12H7FIN4O2P. The predicted octanol–water partition coefficient (Wildman–Crippen LogP) is 3.94. The lowest BCUT2D eigenvalue weighted by molar-refractivity contribution is -0.383. The summed E-state index contributed by atoms with van der Waals surface area (Å²) in [6.07, 6.45) is 4.30. The van der Waals surface area contributed by atoms with Crippen molar-refractivity contribution in [3.05, 3.63) is 52.7 Å². The largest absolute Gasteiger partial charge is 0.281 e. The molecule has 0 aliphatic carbocycles. The van der Waals surface area contributed by atoms with Crippen molar-refractivity contribution in [1.82, 2.24) is 14.5 Å². The minimum Gasteiger partial charge on any atom is -0.262 e. The van der Waals surface area contributed by atoms with Gasteiger partial charge in [0, 0.05) is 17.8 Å². The molecule has 1 aromatic carbocycles. The Labute approximate surface area is 132 Å². The van der Waals surface area contributed by atoms with Crippen molar-refractivity contribution in [3.63, 3.8) is 0 Å². The van der Waals surface area contributed by atoms with Crippen molar-refractivity contribution in [2.24, 2.45) is 0 Å². The van der Waals surface area contributed by atoms with E-state index in [-0.39, 0.29) is 11.3 Å². The summed E-state index contributed by atoms with van der Waals surface area (Å²) in [6.45, 7) is 0. The second-order valence-electron chi connectivity index (χ2n) is 4.18. The Morgan fingerprint density at radius 2 is 2.19 bits per heavy atom. The number of halogens is 2. The molecular weight excluding hydrogens is 409 g/mol. The smallest absolute Gasteiger partial charge is 0.262 e. The number of aromatic nitrogens is 3. The van der Waals surface area contributed by atoms with Crippen LogP contribution in [0.2, 0.25) is 0 Å². The zero-order valence-corrected chi connectivity index (χ0v) is 13.5. The molecule has 6 nitrogen and oxygen atoms in total. The van der Waals surface area contributed by atoms with Crippen LogP contribution in [-0.4, -0.2) is 19.5 Å². The Hall–Kier alpha value is -1.67. The topological polar surface area (TPSA) is 73.8 Å². The van der Waals surface area contributed by atoms with Crippen molar-refractivity contribution in [2.45, 2.75) is 0 Å². The van der Waals surface area contributed by atoms with Crippen LogP contribution in [0.3, 0.4) is 0 Å². The van der Waals surface area contributed by atoms with Gasteiger partial charge in [0.25, 0.3) is 5.69 Å². The molecule has 106 valence electrons. The molecule has 2 heterocycles. The number of hydrogen-bond donors (Lipinski definition) is 0. The van der Waals surface area contributed by atoms with Crippen LogP contribution in [-0.2, 0) is 0 Å². The summed E-state index contributed by atoms with van der Waals surface area (Å²) >= 11 is 2.13. The van der Waals surface area contributed by atoms with Gasteiger partial charge in [-0.1, -0.05) is 0 Å². The van der Waals surface area contributed by atoms with Gasteiger partial charge in [-0.25, -0.2) is 8.84 Å². The number of non-ortho nitro benzene ring substituents is 1. The lowest BCUT2D eigenvalue weighted by Crippen LogP contribution is -1.93.